The zero-order valence-corrected chi connectivity index (χ0v) is 10.1. The Bertz CT molecular complexity index is 397. The molecule has 0 unspecified atom stereocenters. The molecule has 2 nitrogen and oxygen atoms in total. The van der Waals surface area contributed by atoms with Gasteiger partial charge in [0, 0.05) is 5.02 Å². The van der Waals surface area contributed by atoms with Crippen molar-refractivity contribution >= 4 is 17.6 Å². The highest BCUT2D eigenvalue weighted by Gasteiger charge is 2.50. The van der Waals surface area contributed by atoms with Gasteiger partial charge in [0.2, 0.25) is 0 Å². The summed E-state index contributed by atoms with van der Waals surface area (Å²) in [5.74, 6) is -0.0602. The van der Waals surface area contributed by atoms with Crippen molar-refractivity contribution in [2.75, 3.05) is 6.61 Å². The van der Waals surface area contributed by atoms with Crippen LogP contribution in [0.15, 0.2) is 24.3 Å². The van der Waals surface area contributed by atoms with E-state index in [9.17, 15) is 4.79 Å². The largest absolute Gasteiger partial charge is 0.466 e. The zero-order valence-electron chi connectivity index (χ0n) is 9.33. The van der Waals surface area contributed by atoms with Crippen molar-refractivity contribution in [1.29, 1.82) is 0 Å². The van der Waals surface area contributed by atoms with Crippen LogP contribution in [0.1, 0.15) is 25.3 Å². The predicted octanol–water partition coefficient (Wildman–Crippen LogP) is 3.23. The summed E-state index contributed by atoms with van der Waals surface area (Å²) in [7, 11) is 0. The molecule has 0 spiro atoms. The van der Waals surface area contributed by atoms with Gasteiger partial charge >= 0.3 is 5.97 Å². The van der Waals surface area contributed by atoms with Crippen LogP contribution in [0.25, 0.3) is 0 Å². The van der Waals surface area contributed by atoms with Gasteiger partial charge in [-0.3, -0.25) is 4.79 Å². The van der Waals surface area contributed by atoms with Crippen LogP contribution in [0.4, 0.5) is 0 Å². The van der Waals surface area contributed by atoms with Crippen molar-refractivity contribution in [1.82, 2.24) is 0 Å². The maximum atomic E-state index is 11.8. The van der Waals surface area contributed by atoms with Crippen LogP contribution in [-0.2, 0) is 16.0 Å². The first-order valence-corrected chi connectivity index (χ1v) is 5.96. The maximum absolute atomic E-state index is 11.8. The lowest BCUT2D eigenvalue weighted by Gasteiger charge is -2.13. The number of halogens is 1. The topological polar surface area (TPSA) is 26.3 Å². The molecule has 16 heavy (non-hydrogen) atoms. The molecular weight excluding hydrogens is 224 g/mol. The van der Waals surface area contributed by atoms with Crippen LogP contribution in [0.2, 0.25) is 5.02 Å². The summed E-state index contributed by atoms with van der Waals surface area (Å²) in [6.45, 7) is 2.30. The van der Waals surface area contributed by atoms with Crippen molar-refractivity contribution in [3.05, 3.63) is 34.9 Å². The SMILES string of the molecule is CCOC(=O)C1(Cc2cccc(Cl)c2)CC1. The minimum absolute atomic E-state index is 0.0602. The second-order valence-corrected chi connectivity index (χ2v) is 4.74. The van der Waals surface area contributed by atoms with Crippen LogP contribution in [0.3, 0.4) is 0 Å². The molecule has 3 heteroatoms. The van der Waals surface area contributed by atoms with Gasteiger partial charge in [0.15, 0.2) is 0 Å². The minimum Gasteiger partial charge on any atom is -0.466 e. The molecule has 0 heterocycles. The third-order valence-corrected chi connectivity index (χ3v) is 3.23. The first kappa shape index (κ1) is 11.5. The Balaban J connectivity index is 2.07. The van der Waals surface area contributed by atoms with Gasteiger partial charge in [-0.2, -0.15) is 0 Å². The molecule has 0 N–H and O–H groups in total. The lowest BCUT2D eigenvalue weighted by atomic mass is 9.97. The molecule has 1 aliphatic carbocycles. The lowest BCUT2D eigenvalue weighted by Crippen LogP contribution is -2.21. The fraction of sp³-hybridized carbons (Fsp3) is 0.462. The quantitative estimate of drug-likeness (QED) is 0.753. The summed E-state index contributed by atoms with van der Waals surface area (Å²) in [5.41, 5.74) is 0.846. The molecule has 0 atom stereocenters. The van der Waals surface area contributed by atoms with Crippen LogP contribution >= 0.6 is 11.6 Å². The molecule has 1 aliphatic rings. The number of rotatable bonds is 4. The molecule has 0 radical (unpaired) electrons. The molecule has 1 aromatic rings. The number of carbonyl (C=O) groups excluding carboxylic acids is 1. The van der Waals surface area contributed by atoms with Crippen molar-refractivity contribution in [3.63, 3.8) is 0 Å². The highest BCUT2D eigenvalue weighted by atomic mass is 35.5. The molecule has 0 amide bonds. The first-order valence-electron chi connectivity index (χ1n) is 5.58. The smallest absolute Gasteiger partial charge is 0.312 e. The van der Waals surface area contributed by atoms with Crippen molar-refractivity contribution in [2.45, 2.75) is 26.2 Å². The minimum atomic E-state index is -0.263. The Labute approximate surface area is 101 Å². The molecule has 0 aromatic heterocycles. The van der Waals surface area contributed by atoms with E-state index in [4.69, 9.17) is 16.3 Å². The summed E-state index contributed by atoms with van der Waals surface area (Å²) in [5, 5.41) is 0.720. The van der Waals surface area contributed by atoms with Gasteiger partial charge in [0.05, 0.1) is 12.0 Å². The third kappa shape index (κ3) is 2.38. The normalized spacial score (nSPS) is 16.9. The number of esters is 1. The summed E-state index contributed by atoms with van der Waals surface area (Å²) < 4.78 is 5.10. The predicted molar refractivity (Wildman–Crippen MR) is 63.5 cm³/mol. The lowest BCUT2D eigenvalue weighted by molar-refractivity contribution is -0.149. The number of hydrogen-bond donors (Lipinski definition) is 0. The van der Waals surface area contributed by atoms with Gasteiger partial charge in [0.25, 0.3) is 0 Å². The molecule has 1 saturated carbocycles. The number of hydrogen-bond acceptors (Lipinski definition) is 2. The summed E-state index contributed by atoms with van der Waals surface area (Å²) in [6, 6.07) is 7.68. The second kappa shape index (κ2) is 4.46. The van der Waals surface area contributed by atoms with Gasteiger partial charge in [0.1, 0.15) is 0 Å². The van der Waals surface area contributed by atoms with Gasteiger partial charge in [-0.1, -0.05) is 23.7 Å². The van der Waals surface area contributed by atoms with Gasteiger partial charge in [-0.05, 0) is 43.9 Å². The third-order valence-electron chi connectivity index (χ3n) is 2.99. The van der Waals surface area contributed by atoms with Crippen molar-refractivity contribution in [2.24, 2.45) is 5.41 Å². The molecular formula is C13H15ClO2. The Hall–Kier alpha value is -1.02. The molecule has 86 valence electrons. The Kier molecular flexibility index (Phi) is 3.20. The van der Waals surface area contributed by atoms with E-state index in [0.717, 1.165) is 29.8 Å². The maximum Gasteiger partial charge on any atom is 0.312 e. The van der Waals surface area contributed by atoms with E-state index in [1.54, 1.807) is 0 Å². The fourth-order valence-electron chi connectivity index (χ4n) is 1.93. The van der Waals surface area contributed by atoms with Crippen LogP contribution in [0, 0.1) is 5.41 Å². The average Bonchev–Trinajstić information content (AvgIpc) is 2.99. The molecule has 1 aromatic carbocycles. The van der Waals surface area contributed by atoms with E-state index >= 15 is 0 Å². The fourth-order valence-corrected chi connectivity index (χ4v) is 2.14. The highest BCUT2D eigenvalue weighted by Crippen LogP contribution is 2.49. The van der Waals surface area contributed by atoms with E-state index < -0.39 is 0 Å². The van der Waals surface area contributed by atoms with Crippen molar-refractivity contribution < 1.29 is 9.53 Å². The highest BCUT2D eigenvalue weighted by molar-refractivity contribution is 6.30. The number of benzene rings is 1. The summed E-state index contributed by atoms with van der Waals surface area (Å²) in [6.07, 6.45) is 2.60. The van der Waals surface area contributed by atoms with E-state index in [1.165, 1.54) is 0 Å². The standard InChI is InChI=1S/C13H15ClO2/c1-2-16-12(15)13(6-7-13)9-10-4-3-5-11(14)8-10/h3-5,8H,2,6-7,9H2,1H3. The van der Waals surface area contributed by atoms with Crippen molar-refractivity contribution in [3.8, 4) is 0 Å². The number of ether oxygens (including phenoxy) is 1. The molecule has 0 bridgehead atoms. The van der Waals surface area contributed by atoms with E-state index in [-0.39, 0.29) is 11.4 Å². The molecule has 0 aliphatic heterocycles. The summed E-state index contributed by atoms with van der Waals surface area (Å²) in [4.78, 5) is 11.8. The molecule has 2 rings (SSSR count). The second-order valence-electron chi connectivity index (χ2n) is 4.31. The van der Waals surface area contributed by atoms with Crippen LogP contribution in [0.5, 0.6) is 0 Å². The van der Waals surface area contributed by atoms with E-state index in [2.05, 4.69) is 0 Å². The summed E-state index contributed by atoms with van der Waals surface area (Å²) >= 11 is 5.92. The average molecular weight is 239 g/mol. The van der Waals surface area contributed by atoms with E-state index in [1.807, 2.05) is 31.2 Å². The zero-order chi connectivity index (χ0) is 11.6. The molecule has 0 saturated heterocycles. The van der Waals surface area contributed by atoms with Gasteiger partial charge in [-0.25, -0.2) is 0 Å². The number of carbonyl (C=O) groups is 1. The van der Waals surface area contributed by atoms with Crippen LogP contribution < -0.4 is 0 Å². The van der Waals surface area contributed by atoms with Gasteiger partial charge in [-0.15, -0.1) is 0 Å². The first-order chi connectivity index (χ1) is 7.66. The van der Waals surface area contributed by atoms with E-state index in [0.29, 0.717) is 6.61 Å². The van der Waals surface area contributed by atoms with Crippen LogP contribution in [-0.4, -0.2) is 12.6 Å². The Morgan fingerprint density at radius 3 is 2.81 bits per heavy atom. The Morgan fingerprint density at radius 2 is 2.25 bits per heavy atom. The monoisotopic (exact) mass is 238 g/mol. The van der Waals surface area contributed by atoms with Gasteiger partial charge < -0.3 is 4.74 Å². The Morgan fingerprint density at radius 1 is 1.50 bits per heavy atom. The molecule has 1 fully saturated rings.